The molecule has 7 nitrogen and oxygen atoms in total. The first-order chi connectivity index (χ1) is 16.3. The van der Waals surface area contributed by atoms with Gasteiger partial charge in [0.15, 0.2) is 0 Å². The molecule has 2 aromatic heterocycles. The van der Waals surface area contributed by atoms with Crippen molar-refractivity contribution in [1.82, 2.24) is 20.0 Å². The molecule has 1 saturated carbocycles. The molecule has 0 spiro atoms. The van der Waals surface area contributed by atoms with Gasteiger partial charge in [-0.1, -0.05) is 30.3 Å². The van der Waals surface area contributed by atoms with Crippen molar-refractivity contribution in [3.63, 3.8) is 0 Å². The summed E-state index contributed by atoms with van der Waals surface area (Å²) in [6.45, 7) is 3.87. The normalized spacial score (nSPS) is 19.4. The van der Waals surface area contributed by atoms with Gasteiger partial charge in [-0.2, -0.15) is 0 Å². The molecule has 8 heteroatoms. The van der Waals surface area contributed by atoms with Crippen LogP contribution in [0.2, 0.25) is 0 Å². The lowest BCUT2D eigenvalue weighted by molar-refractivity contribution is -0.126. The molecule has 1 fully saturated rings. The molecule has 1 aliphatic rings. The third-order valence-corrected chi connectivity index (χ3v) is 7.82. The highest BCUT2D eigenvalue weighted by Gasteiger charge is 2.30. The van der Waals surface area contributed by atoms with Gasteiger partial charge < -0.3 is 5.32 Å². The van der Waals surface area contributed by atoms with Crippen LogP contribution in [0.25, 0.3) is 11.3 Å². The Labute approximate surface area is 201 Å². The van der Waals surface area contributed by atoms with E-state index in [9.17, 15) is 13.2 Å². The fourth-order valence-corrected chi connectivity index (χ4v) is 5.58. The van der Waals surface area contributed by atoms with Gasteiger partial charge in [-0.25, -0.2) is 13.1 Å². The van der Waals surface area contributed by atoms with Crippen molar-refractivity contribution in [2.24, 2.45) is 5.92 Å². The molecule has 0 unspecified atom stereocenters. The zero-order chi connectivity index (χ0) is 24.1. The smallest absolute Gasteiger partial charge is 0.242 e. The van der Waals surface area contributed by atoms with Crippen molar-refractivity contribution >= 4 is 15.9 Å². The highest BCUT2D eigenvalue weighted by molar-refractivity contribution is 7.89. The number of sulfonamides is 1. The number of nitrogens with zero attached hydrogens (tertiary/aromatic N) is 2. The summed E-state index contributed by atoms with van der Waals surface area (Å²) in [5.74, 6) is -0.0690. The van der Waals surface area contributed by atoms with Crippen molar-refractivity contribution in [2.45, 2.75) is 56.5 Å². The van der Waals surface area contributed by atoms with Gasteiger partial charge in [-0.05, 0) is 69.4 Å². The molecule has 1 aromatic carbocycles. The van der Waals surface area contributed by atoms with Gasteiger partial charge in [0, 0.05) is 35.6 Å². The minimum absolute atomic E-state index is 0.0313. The number of rotatable bonds is 7. The van der Waals surface area contributed by atoms with Crippen molar-refractivity contribution in [2.75, 3.05) is 0 Å². The molecule has 2 N–H and O–H groups in total. The predicted molar refractivity (Wildman–Crippen MR) is 131 cm³/mol. The standard InChI is InChI=1S/C26H30N4O3S/c1-18-16-22(14-15-27-18)25-13-12-24(17-28-25)34(32,33)30-23-10-8-21(9-11-23)26(31)29-19(2)20-6-4-3-5-7-20/h3-7,12-17,19,21,23,30H,8-11H2,1-2H3,(H,29,31)/t19-,21-,23-/m1/s1. The maximum atomic E-state index is 12.9. The molecule has 178 valence electrons. The number of hydrogen-bond acceptors (Lipinski definition) is 5. The highest BCUT2D eigenvalue weighted by Crippen LogP contribution is 2.27. The van der Waals surface area contributed by atoms with E-state index in [1.54, 1.807) is 18.3 Å². The number of pyridine rings is 2. The lowest BCUT2D eigenvalue weighted by Gasteiger charge is -2.29. The van der Waals surface area contributed by atoms with Gasteiger partial charge in [0.05, 0.1) is 11.7 Å². The molecule has 2 heterocycles. The van der Waals surface area contributed by atoms with E-state index >= 15 is 0 Å². The van der Waals surface area contributed by atoms with Crippen LogP contribution in [-0.2, 0) is 14.8 Å². The number of amides is 1. The van der Waals surface area contributed by atoms with Crippen LogP contribution in [0.5, 0.6) is 0 Å². The van der Waals surface area contributed by atoms with Gasteiger partial charge in [-0.3, -0.25) is 14.8 Å². The Balaban J connectivity index is 1.31. The largest absolute Gasteiger partial charge is 0.349 e. The summed E-state index contributed by atoms with van der Waals surface area (Å²) in [6, 6.07) is 16.6. The first-order valence-corrected chi connectivity index (χ1v) is 13.1. The minimum atomic E-state index is -3.69. The second-order valence-corrected chi connectivity index (χ2v) is 10.6. The second-order valence-electron chi connectivity index (χ2n) is 8.88. The molecule has 3 aromatic rings. The zero-order valence-electron chi connectivity index (χ0n) is 19.4. The third kappa shape index (κ3) is 5.87. The quantitative estimate of drug-likeness (QED) is 0.531. The lowest BCUT2D eigenvalue weighted by atomic mass is 9.85. The Hall–Kier alpha value is -3.10. The number of nitrogens with one attached hydrogen (secondary N) is 2. The molecule has 0 saturated heterocycles. The van der Waals surface area contributed by atoms with Crippen LogP contribution in [0.15, 0.2) is 71.9 Å². The summed E-state index contributed by atoms with van der Waals surface area (Å²) in [6.07, 6.45) is 5.64. The Morgan fingerprint density at radius 1 is 1.00 bits per heavy atom. The van der Waals surface area contributed by atoms with Crippen LogP contribution in [0.1, 0.15) is 49.9 Å². The zero-order valence-corrected chi connectivity index (χ0v) is 20.3. The number of benzene rings is 1. The molecule has 1 aliphatic carbocycles. The Morgan fingerprint density at radius 3 is 2.38 bits per heavy atom. The average molecular weight is 479 g/mol. The van der Waals surface area contributed by atoms with E-state index in [0.29, 0.717) is 31.4 Å². The molecule has 1 amide bonds. The van der Waals surface area contributed by atoms with Crippen LogP contribution in [0, 0.1) is 12.8 Å². The maximum absolute atomic E-state index is 12.9. The summed E-state index contributed by atoms with van der Waals surface area (Å²) in [5, 5.41) is 3.09. The van der Waals surface area contributed by atoms with E-state index in [2.05, 4.69) is 20.0 Å². The average Bonchev–Trinajstić information content (AvgIpc) is 2.85. The van der Waals surface area contributed by atoms with Crippen LogP contribution in [0.3, 0.4) is 0 Å². The van der Waals surface area contributed by atoms with Crippen LogP contribution >= 0.6 is 0 Å². The highest BCUT2D eigenvalue weighted by atomic mass is 32.2. The Morgan fingerprint density at radius 2 is 1.74 bits per heavy atom. The van der Waals surface area contributed by atoms with Gasteiger partial charge in [0.25, 0.3) is 0 Å². The van der Waals surface area contributed by atoms with Crippen LogP contribution in [-0.4, -0.2) is 30.3 Å². The monoisotopic (exact) mass is 478 g/mol. The van der Waals surface area contributed by atoms with Crippen LogP contribution in [0.4, 0.5) is 0 Å². The number of carbonyl (C=O) groups is 1. The van der Waals surface area contributed by atoms with E-state index in [-0.39, 0.29) is 28.8 Å². The summed E-state index contributed by atoms with van der Waals surface area (Å²) in [7, 11) is -3.69. The van der Waals surface area contributed by atoms with E-state index in [1.807, 2.05) is 56.3 Å². The third-order valence-electron chi connectivity index (χ3n) is 6.32. The summed E-state index contributed by atoms with van der Waals surface area (Å²) < 4.78 is 28.6. The van der Waals surface area contributed by atoms with Gasteiger partial charge in [-0.15, -0.1) is 0 Å². The molecule has 34 heavy (non-hydrogen) atoms. The molecule has 1 atom stereocenters. The van der Waals surface area contributed by atoms with E-state index in [0.717, 1.165) is 16.8 Å². The summed E-state index contributed by atoms with van der Waals surface area (Å²) >= 11 is 0. The lowest BCUT2D eigenvalue weighted by Crippen LogP contribution is -2.41. The number of aryl methyl sites for hydroxylation is 1. The molecular formula is C26H30N4O3S. The maximum Gasteiger partial charge on any atom is 0.242 e. The van der Waals surface area contributed by atoms with Crippen molar-refractivity contribution in [3.8, 4) is 11.3 Å². The van der Waals surface area contributed by atoms with Gasteiger partial charge in [0.1, 0.15) is 4.90 Å². The first kappa shape index (κ1) is 24.0. The Kier molecular flexibility index (Phi) is 7.38. The van der Waals surface area contributed by atoms with Crippen molar-refractivity contribution in [3.05, 3.63) is 78.2 Å². The molecule has 0 radical (unpaired) electrons. The summed E-state index contributed by atoms with van der Waals surface area (Å²) in [4.78, 5) is 21.4. The molecule has 0 bridgehead atoms. The summed E-state index contributed by atoms with van der Waals surface area (Å²) in [5.41, 5.74) is 3.52. The predicted octanol–water partition coefficient (Wildman–Crippen LogP) is 4.17. The Bertz CT molecular complexity index is 1220. The van der Waals surface area contributed by atoms with Gasteiger partial charge >= 0.3 is 0 Å². The molecule has 4 rings (SSSR count). The number of carbonyl (C=O) groups excluding carboxylic acids is 1. The van der Waals surface area contributed by atoms with E-state index in [1.165, 1.54) is 6.20 Å². The van der Waals surface area contributed by atoms with E-state index < -0.39 is 10.0 Å². The van der Waals surface area contributed by atoms with E-state index in [4.69, 9.17) is 0 Å². The molecular weight excluding hydrogens is 448 g/mol. The van der Waals surface area contributed by atoms with Crippen molar-refractivity contribution in [1.29, 1.82) is 0 Å². The molecule has 0 aliphatic heterocycles. The SMILES string of the molecule is Cc1cc(-c2ccc(S(=O)(=O)N[C@H]3CC[C@H](C(=O)N[C@H](C)c4ccccc4)CC3)cn2)ccn1. The fraction of sp³-hybridized carbons (Fsp3) is 0.346. The van der Waals surface area contributed by atoms with Crippen molar-refractivity contribution < 1.29 is 13.2 Å². The minimum Gasteiger partial charge on any atom is -0.349 e. The number of hydrogen-bond donors (Lipinski definition) is 2. The first-order valence-electron chi connectivity index (χ1n) is 11.6. The fourth-order valence-electron chi connectivity index (χ4n) is 4.33. The van der Waals surface area contributed by atoms with Gasteiger partial charge in [0.2, 0.25) is 15.9 Å². The second kappa shape index (κ2) is 10.4. The van der Waals surface area contributed by atoms with Crippen LogP contribution < -0.4 is 10.0 Å². The number of aromatic nitrogens is 2. The topological polar surface area (TPSA) is 101 Å².